The highest BCUT2D eigenvalue weighted by atomic mass is 15.2. The van der Waals surface area contributed by atoms with Gasteiger partial charge in [0.2, 0.25) is 0 Å². The molecule has 4 aromatic rings. The SMILES string of the molecule is C.C.CC1=C(C)C(C)(C)n2c(C)c(C)[n+](C)c21.Cc1c(C)[n+](C)c2n1C(C)(C)c1cc3cccnc3cc1-2. The largest absolute Gasteiger partial charge is 0.290 e. The average Bonchev–Trinajstić information content (AvgIpc) is 3.38. The molecule has 0 atom stereocenters. The Morgan fingerprint density at radius 1 is 0.737 bits per heavy atom. The monoisotopic (exact) mass is 515 g/mol. The number of hydrogen-bond acceptors (Lipinski definition) is 1. The molecule has 5 heteroatoms. The average molecular weight is 516 g/mol. The highest BCUT2D eigenvalue weighted by molar-refractivity contribution is 5.86. The molecule has 6 rings (SSSR count). The van der Waals surface area contributed by atoms with Crippen molar-refractivity contribution in [2.45, 2.75) is 95.2 Å². The van der Waals surface area contributed by atoms with Gasteiger partial charge in [-0.05, 0) is 65.3 Å². The van der Waals surface area contributed by atoms with Crippen LogP contribution in [0.3, 0.4) is 0 Å². The Labute approximate surface area is 230 Å². The molecule has 0 spiro atoms. The molecule has 1 aromatic carbocycles. The third kappa shape index (κ3) is 3.61. The van der Waals surface area contributed by atoms with Gasteiger partial charge in [-0.15, -0.1) is 0 Å². The van der Waals surface area contributed by atoms with Gasteiger partial charge in [-0.3, -0.25) is 4.98 Å². The van der Waals surface area contributed by atoms with Crippen molar-refractivity contribution >= 4 is 16.5 Å². The number of rotatable bonds is 0. The summed E-state index contributed by atoms with van der Waals surface area (Å²) in [6.45, 7) is 22.5. The Balaban J connectivity index is 0.000000211. The van der Waals surface area contributed by atoms with Crippen LogP contribution in [-0.2, 0) is 25.2 Å². The van der Waals surface area contributed by atoms with Gasteiger partial charge in [0, 0.05) is 50.4 Å². The number of allylic oxidation sites excluding steroid dienone is 2. The van der Waals surface area contributed by atoms with E-state index in [1.807, 2.05) is 12.3 Å². The first kappa shape index (κ1) is 29.3. The first-order chi connectivity index (χ1) is 16.7. The molecule has 0 saturated heterocycles. The van der Waals surface area contributed by atoms with E-state index < -0.39 is 0 Å². The summed E-state index contributed by atoms with van der Waals surface area (Å²) in [7, 11) is 4.31. The summed E-state index contributed by atoms with van der Waals surface area (Å²) in [4.78, 5) is 4.52. The van der Waals surface area contributed by atoms with Crippen LogP contribution < -0.4 is 9.13 Å². The van der Waals surface area contributed by atoms with Gasteiger partial charge < -0.3 is 0 Å². The molecule has 0 radical (unpaired) electrons. The molecular formula is C33H49N5+2. The van der Waals surface area contributed by atoms with Gasteiger partial charge in [0.15, 0.2) is 0 Å². The topological polar surface area (TPSA) is 30.5 Å². The van der Waals surface area contributed by atoms with Crippen molar-refractivity contribution in [3.8, 4) is 11.4 Å². The Hall–Kier alpha value is -3.21. The quantitative estimate of drug-likeness (QED) is 0.232. The van der Waals surface area contributed by atoms with E-state index in [4.69, 9.17) is 0 Å². The van der Waals surface area contributed by atoms with Crippen molar-refractivity contribution in [1.29, 1.82) is 0 Å². The lowest BCUT2D eigenvalue weighted by molar-refractivity contribution is -0.679. The molecule has 5 heterocycles. The third-order valence-electron chi connectivity index (χ3n) is 9.36. The van der Waals surface area contributed by atoms with Crippen molar-refractivity contribution < 1.29 is 9.13 Å². The fraction of sp³-hybridized carbons (Fsp3) is 0.485. The Morgan fingerprint density at radius 3 is 1.82 bits per heavy atom. The van der Waals surface area contributed by atoms with E-state index in [0.29, 0.717) is 0 Å². The van der Waals surface area contributed by atoms with Crippen LogP contribution in [0.4, 0.5) is 0 Å². The summed E-state index contributed by atoms with van der Waals surface area (Å²) in [5.74, 6) is 2.66. The van der Waals surface area contributed by atoms with Gasteiger partial charge in [0.25, 0.3) is 11.6 Å². The number of benzene rings is 1. The summed E-state index contributed by atoms with van der Waals surface area (Å²) in [6, 6.07) is 8.69. The molecular weight excluding hydrogens is 466 g/mol. The molecule has 5 nitrogen and oxygen atoms in total. The summed E-state index contributed by atoms with van der Waals surface area (Å²) in [5.41, 5.74) is 12.2. The normalized spacial score (nSPS) is 15.8. The van der Waals surface area contributed by atoms with Crippen LogP contribution >= 0.6 is 0 Å². The van der Waals surface area contributed by atoms with Gasteiger partial charge in [0.05, 0.1) is 25.2 Å². The van der Waals surface area contributed by atoms with E-state index in [9.17, 15) is 0 Å². The van der Waals surface area contributed by atoms with Crippen LogP contribution in [0.25, 0.3) is 27.9 Å². The first-order valence-corrected chi connectivity index (χ1v) is 13.0. The number of pyridine rings is 1. The summed E-state index contributed by atoms with van der Waals surface area (Å²) in [5, 5.41) is 1.21. The third-order valence-corrected chi connectivity index (χ3v) is 9.36. The highest BCUT2D eigenvalue weighted by Gasteiger charge is 2.46. The predicted molar refractivity (Wildman–Crippen MR) is 160 cm³/mol. The zero-order valence-electron chi connectivity index (χ0n) is 24.1. The minimum atomic E-state index is -0.0230. The van der Waals surface area contributed by atoms with Crippen molar-refractivity contribution in [2.75, 3.05) is 0 Å². The maximum Gasteiger partial charge on any atom is 0.290 e. The number of hydrogen-bond donors (Lipinski definition) is 0. The summed E-state index contributed by atoms with van der Waals surface area (Å²) in [6.07, 6.45) is 1.87. The lowest BCUT2D eigenvalue weighted by Gasteiger charge is -2.19. The molecule has 0 N–H and O–H groups in total. The van der Waals surface area contributed by atoms with Crippen LogP contribution in [-0.4, -0.2) is 14.1 Å². The van der Waals surface area contributed by atoms with Gasteiger partial charge in [-0.2, -0.15) is 0 Å². The molecule has 0 aliphatic carbocycles. The fourth-order valence-corrected chi connectivity index (χ4v) is 6.56. The van der Waals surface area contributed by atoms with E-state index in [1.165, 1.54) is 62.1 Å². The second kappa shape index (κ2) is 9.21. The van der Waals surface area contributed by atoms with Crippen molar-refractivity contribution in [1.82, 2.24) is 14.1 Å². The van der Waals surface area contributed by atoms with E-state index in [-0.39, 0.29) is 25.9 Å². The molecule has 3 aromatic heterocycles. The Bertz CT molecular complexity index is 1600. The Morgan fingerprint density at radius 2 is 1.26 bits per heavy atom. The molecule has 38 heavy (non-hydrogen) atoms. The first-order valence-electron chi connectivity index (χ1n) is 13.0. The maximum absolute atomic E-state index is 4.52. The summed E-state index contributed by atoms with van der Waals surface area (Å²) < 4.78 is 9.54. The molecule has 2 aliphatic rings. The second-order valence-corrected chi connectivity index (χ2v) is 11.7. The zero-order chi connectivity index (χ0) is 26.5. The molecule has 0 amide bonds. The fourth-order valence-electron chi connectivity index (χ4n) is 6.56. The van der Waals surface area contributed by atoms with Gasteiger partial charge in [-0.25, -0.2) is 18.3 Å². The lowest BCUT2D eigenvalue weighted by Crippen LogP contribution is -2.34. The smallest absolute Gasteiger partial charge is 0.256 e. The van der Waals surface area contributed by atoms with E-state index in [1.54, 1.807) is 0 Å². The number of aromatic nitrogens is 5. The minimum Gasteiger partial charge on any atom is -0.256 e. The van der Waals surface area contributed by atoms with E-state index in [2.05, 4.69) is 125 Å². The predicted octanol–water partition coefficient (Wildman–Crippen LogP) is 6.99. The molecule has 204 valence electrons. The summed E-state index contributed by atoms with van der Waals surface area (Å²) >= 11 is 0. The second-order valence-electron chi connectivity index (χ2n) is 11.7. The molecule has 0 unspecified atom stereocenters. The van der Waals surface area contributed by atoms with E-state index in [0.717, 1.165) is 5.52 Å². The molecule has 0 bridgehead atoms. The maximum atomic E-state index is 4.52. The number of nitrogens with zero attached hydrogens (tertiary/aromatic N) is 5. The van der Waals surface area contributed by atoms with Crippen molar-refractivity contribution in [3.63, 3.8) is 0 Å². The van der Waals surface area contributed by atoms with Crippen molar-refractivity contribution in [3.05, 3.63) is 70.2 Å². The van der Waals surface area contributed by atoms with Crippen LogP contribution in [0.15, 0.2) is 36.0 Å². The van der Waals surface area contributed by atoms with Crippen LogP contribution in [0.5, 0.6) is 0 Å². The number of imidazole rings is 2. The number of fused-ring (bicyclic) bond motifs is 5. The molecule has 2 aliphatic heterocycles. The minimum absolute atomic E-state index is 0. The standard InChI is InChI=1S/C18H20N3.C13H21N2.2CH4/c1-11-12(2)21-17(20(11)5)14-10-16-13(7-6-8-19-16)9-15(14)18(21,3)4;1-8-9(2)13(5,6)15-11(4)10(3)14(7)12(8)15;;/h6-10H,1-5H3;1-7H3;2*1H4/q2*+1;;. The van der Waals surface area contributed by atoms with E-state index >= 15 is 0 Å². The molecule has 0 fully saturated rings. The zero-order valence-corrected chi connectivity index (χ0v) is 24.1. The van der Waals surface area contributed by atoms with Crippen LogP contribution in [0.1, 0.15) is 90.6 Å². The van der Waals surface area contributed by atoms with Crippen molar-refractivity contribution in [2.24, 2.45) is 14.1 Å². The highest BCUT2D eigenvalue weighted by Crippen LogP contribution is 2.45. The van der Waals surface area contributed by atoms with Crippen LogP contribution in [0, 0.1) is 27.7 Å². The molecule has 0 saturated carbocycles. The van der Waals surface area contributed by atoms with Gasteiger partial charge in [-0.1, -0.05) is 20.9 Å². The van der Waals surface area contributed by atoms with Crippen LogP contribution in [0.2, 0.25) is 0 Å². The van der Waals surface area contributed by atoms with Gasteiger partial charge >= 0.3 is 0 Å². The Kier molecular flexibility index (Phi) is 7.12. The lowest BCUT2D eigenvalue weighted by atomic mass is 9.91. The van der Waals surface area contributed by atoms with Gasteiger partial charge in [0.1, 0.15) is 33.9 Å².